The fraction of sp³-hybridized carbons (Fsp3) is 0.105. The van der Waals surface area contributed by atoms with Gasteiger partial charge in [0.25, 0.3) is 5.91 Å². The van der Waals surface area contributed by atoms with E-state index >= 15 is 0 Å². The highest BCUT2D eigenvalue weighted by molar-refractivity contribution is 6.30. The minimum atomic E-state index is -1.17. The summed E-state index contributed by atoms with van der Waals surface area (Å²) in [5.74, 6) is -0.894. The van der Waals surface area contributed by atoms with Crippen LogP contribution in [-0.2, 0) is 13.7 Å². The number of carbonyl (C=O) groups is 2. The van der Waals surface area contributed by atoms with Crippen molar-refractivity contribution in [3.05, 3.63) is 76.6 Å². The SMILES string of the molecule is Cn1ncc(NC(=O)c2ccc(COc3ccc(Cl)cc3)cc2)c1C(=O)O. The van der Waals surface area contributed by atoms with E-state index in [1.54, 1.807) is 48.5 Å². The quantitative estimate of drug-likeness (QED) is 0.676. The zero-order valence-corrected chi connectivity index (χ0v) is 15.1. The van der Waals surface area contributed by atoms with E-state index in [1.165, 1.54) is 17.9 Å². The lowest BCUT2D eigenvalue weighted by Crippen LogP contribution is -2.15. The first-order valence-corrected chi connectivity index (χ1v) is 8.36. The van der Waals surface area contributed by atoms with Crippen LogP contribution >= 0.6 is 11.6 Å². The number of ether oxygens (including phenoxy) is 1. The van der Waals surface area contributed by atoms with Gasteiger partial charge in [0.15, 0.2) is 5.69 Å². The van der Waals surface area contributed by atoms with Crippen molar-refractivity contribution in [3.8, 4) is 5.75 Å². The molecule has 0 aliphatic rings. The number of hydrogen-bond acceptors (Lipinski definition) is 4. The standard InChI is InChI=1S/C19H16ClN3O4/c1-23-17(19(25)26)16(10-21-23)22-18(24)13-4-2-12(3-5-13)11-27-15-8-6-14(20)7-9-15/h2-10H,11H2,1H3,(H,22,24)(H,25,26). The van der Waals surface area contributed by atoms with Crippen LogP contribution in [0.25, 0.3) is 0 Å². The monoisotopic (exact) mass is 385 g/mol. The molecule has 27 heavy (non-hydrogen) atoms. The summed E-state index contributed by atoms with van der Waals surface area (Å²) >= 11 is 5.83. The van der Waals surface area contributed by atoms with Crippen molar-refractivity contribution in [1.82, 2.24) is 9.78 Å². The van der Waals surface area contributed by atoms with Crippen molar-refractivity contribution < 1.29 is 19.4 Å². The van der Waals surface area contributed by atoms with Crippen molar-refractivity contribution in [3.63, 3.8) is 0 Å². The summed E-state index contributed by atoms with van der Waals surface area (Å²) in [5, 5.41) is 16.2. The number of halogens is 1. The Morgan fingerprint density at radius 3 is 2.44 bits per heavy atom. The first kappa shape index (κ1) is 18.5. The maximum Gasteiger partial charge on any atom is 0.356 e. The van der Waals surface area contributed by atoms with Crippen LogP contribution in [0.2, 0.25) is 5.02 Å². The van der Waals surface area contributed by atoms with Gasteiger partial charge in [-0.15, -0.1) is 0 Å². The summed E-state index contributed by atoms with van der Waals surface area (Å²) in [6.07, 6.45) is 1.30. The van der Waals surface area contributed by atoms with Gasteiger partial charge in [-0.2, -0.15) is 5.10 Å². The van der Waals surface area contributed by atoms with Gasteiger partial charge >= 0.3 is 5.97 Å². The van der Waals surface area contributed by atoms with E-state index in [-0.39, 0.29) is 11.4 Å². The number of carboxylic acid groups (broad SMARTS) is 1. The molecule has 1 aromatic heterocycles. The molecule has 0 aliphatic carbocycles. The molecule has 1 heterocycles. The van der Waals surface area contributed by atoms with Gasteiger partial charge < -0.3 is 15.2 Å². The van der Waals surface area contributed by atoms with Gasteiger partial charge in [0.05, 0.1) is 11.9 Å². The number of nitrogens with one attached hydrogen (secondary N) is 1. The molecule has 0 bridgehead atoms. The third-order valence-corrected chi connectivity index (χ3v) is 4.08. The number of carbonyl (C=O) groups excluding carboxylic acids is 1. The molecule has 8 heteroatoms. The van der Waals surface area contributed by atoms with E-state index in [4.69, 9.17) is 16.3 Å². The van der Waals surface area contributed by atoms with E-state index in [2.05, 4.69) is 10.4 Å². The molecular weight excluding hydrogens is 370 g/mol. The summed E-state index contributed by atoms with van der Waals surface area (Å²) in [4.78, 5) is 23.6. The van der Waals surface area contributed by atoms with E-state index < -0.39 is 11.9 Å². The Morgan fingerprint density at radius 2 is 1.81 bits per heavy atom. The topological polar surface area (TPSA) is 93.5 Å². The second-order valence-electron chi connectivity index (χ2n) is 5.73. The van der Waals surface area contributed by atoms with Crippen molar-refractivity contribution in [2.75, 3.05) is 5.32 Å². The average Bonchev–Trinajstić information content (AvgIpc) is 3.02. The third-order valence-electron chi connectivity index (χ3n) is 3.82. The molecule has 0 unspecified atom stereocenters. The number of rotatable bonds is 6. The summed E-state index contributed by atoms with van der Waals surface area (Å²) in [6, 6.07) is 13.9. The Balaban J connectivity index is 1.63. The number of aryl methyl sites for hydroxylation is 1. The molecule has 0 spiro atoms. The van der Waals surface area contributed by atoms with Crippen LogP contribution in [0.4, 0.5) is 5.69 Å². The van der Waals surface area contributed by atoms with Crippen molar-refractivity contribution in [1.29, 1.82) is 0 Å². The molecule has 1 amide bonds. The number of benzene rings is 2. The normalized spacial score (nSPS) is 10.4. The van der Waals surface area contributed by atoms with Gasteiger partial charge in [0.2, 0.25) is 0 Å². The van der Waals surface area contributed by atoms with Crippen LogP contribution in [0.15, 0.2) is 54.7 Å². The minimum Gasteiger partial charge on any atom is -0.489 e. The summed E-state index contributed by atoms with van der Waals surface area (Å²) in [6.45, 7) is 0.343. The van der Waals surface area contributed by atoms with Gasteiger partial charge in [-0.25, -0.2) is 4.79 Å². The predicted octanol–water partition coefficient (Wildman–Crippen LogP) is 3.60. The summed E-state index contributed by atoms with van der Waals surface area (Å²) in [7, 11) is 1.49. The Morgan fingerprint density at radius 1 is 1.15 bits per heavy atom. The van der Waals surface area contributed by atoms with E-state index in [9.17, 15) is 14.7 Å². The number of anilines is 1. The molecule has 0 aliphatic heterocycles. The van der Waals surface area contributed by atoms with Crippen LogP contribution in [0, 0.1) is 0 Å². The number of aromatic nitrogens is 2. The number of aromatic carboxylic acids is 1. The Kier molecular flexibility index (Phi) is 5.42. The highest BCUT2D eigenvalue weighted by atomic mass is 35.5. The Bertz CT molecular complexity index is 966. The smallest absolute Gasteiger partial charge is 0.356 e. The van der Waals surface area contributed by atoms with Crippen molar-refractivity contribution in [2.24, 2.45) is 7.05 Å². The molecule has 0 saturated heterocycles. The first-order chi connectivity index (χ1) is 12.9. The third kappa shape index (κ3) is 4.45. The lowest BCUT2D eigenvalue weighted by Gasteiger charge is -2.08. The van der Waals surface area contributed by atoms with Gasteiger partial charge in [0, 0.05) is 17.6 Å². The van der Waals surface area contributed by atoms with Gasteiger partial charge in [-0.3, -0.25) is 9.48 Å². The molecule has 0 atom stereocenters. The van der Waals surface area contributed by atoms with Crippen LogP contribution in [-0.4, -0.2) is 26.8 Å². The number of amides is 1. The minimum absolute atomic E-state index is 0.0867. The molecule has 0 fully saturated rings. The molecule has 138 valence electrons. The van der Waals surface area contributed by atoms with Crippen LogP contribution < -0.4 is 10.1 Å². The summed E-state index contributed by atoms with van der Waals surface area (Å²) in [5.41, 5.74) is 1.33. The predicted molar refractivity (Wildman–Crippen MR) is 100 cm³/mol. The second kappa shape index (κ2) is 7.92. The van der Waals surface area contributed by atoms with Gasteiger partial charge in [-0.05, 0) is 42.0 Å². The zero-order valence-electron chi connectivity index (χ0n) is 14.3. The fourth-order valence-corrected chi connectivity index (χ4v) is 2.55. The molecular formula is C19H16ClN3O4. The Labute approximate surface area is 160 Å². The highest BCUT2D eigenvalue weighted by Gasteiger charge is 2.18. The van der Waals surface area contributed by atoms with Gasteiger partial charge in [0.1, 0.15) is 12.4 Å². The highest BCUT2D eigenvalue weighted by Crippen LogP contribution is 2.18. The maximum absolute atomic E-state index is 12.3. The summed E-state index contributed by atoms with van der Waals surface area (Å²) < 4.78 is 6.84. The molecule has 7 nitrogen and oxygen atoms in total. The molecule has 0 radical (unpaired) electrons. The van der Waals surface area contributed by atoms with Crippen LogP contribution in [0.1, 0.15) is 26.4 Å². The molecule has 2 aromatic carbocycles. The molecule has 3 aromatic rings. The second-order valence-corrected chi connectivity index (χ2v) is 6.17. The Hall–Kier alpha value is -3.32. The van der Waals surface area contributed by atoms with E-state index in [0.29, 0.717) is 22.9 Å². The van der Waals surface area contributed by atoms with Crippen molar-refractivity contribution >= 4 is 29.2 Å². The molecule has 0 saturated carbocycles. The first-order valence-electron chi connectivity index (χ1n) is 7.98. The molecule has 2 N–H and O–H groups in total. The lowest BCUT2D eigenvalue weighted by molar-refractivity contribution is 0.0686. The van der Waals surface area contributed by atoms with Gasteiger partial charge in [-0.1, -0.05) is 23.7 Å². The van der Waals surface area contributed by atoms with E-state index in [1.807, 2.05) is 0 Å². The lowest BCUT2D eigenvalue weighted by atomic mass is 10.1. The fourth-order valence-electron chi connectivity index (χ4n) is 2.43. The average molecular weight is 386 g/mol. The maximum atomic E-state index is 12.3. The molecule has 3 rings (SSSR count). The van der Waals surface area contributed by atoms with Crippen molar-refractivity contribution in [2.45, 2.75) is 6.61 Å². The van der Waals surface area contributed by atoms with Crippen LogP contribution in [0.5, 0.6) is 5.75 Å². The number of nitrogens with zero attached hydrogens (tertiary/aromatic N) is 2. The zero-order chi connectivity index (χ0) is 19.4. The largest absolute Gasteiger partial charge is 0.489 e. The number of carboxylic acids is 1. The van der Waals surface area contributed by atoms with E-state index in [0.717, 1.165) is 5.56 Å². The number of hydrogen-bond donors (Lipinski definition) is 2. The van der Waals surface area contributed by atoms with Crippen LogP contribution in [0.3, 0.4) is 0 Å².